The molecule has 0 saturated heterocycles. The first-order valence-corrected chi connectivity index (χ1v) is 7.77. The van der Waals surface area contributed by atoms with E-state index in [1.165, 1.54) is 19.3 Å². The molecule has 18 heavy (non-hydrogen) atoms. The van der Waals surface area contributed by atoms with Crippen molar-refractivity contribution in [3.05, 3.63) is 10.6 Å². The molecule has 0 saturated carbocycles. The average molecular weight is 270 g/mol. The van der Waals surface area contributed by atoms with E-state index in [4.69, 9.17) is 4.98 Å². The number of aliphatic hydroxyl groups is 1. The van der Waals surface area contributed by atoms with Crippen LogP contribution < -0.4 is 4.90 Å². The minimum Gasteiger partial charge on any atom is -0.391 e. The molecule has 1 aromatic rings. The van der Waals surface area contributed by atoms with Gasteiger partial charge in [-0.2, -0.15) is 0 Å². The number of hydrogen-bond donors (Lipinski definition) is 1. The number of unbranched alkanes of at least 4 members (excludes halogenated alkanes) is 2. The molecule has 0 aliphatic heterocycles. The Balaban J connectivity index is 2.74. The van der Waals surface area contributed by atoms with Crippen LogP contribution in [0.1, 0.15) is 62.9 Å². The van der Waals surface area contributed by atoms with Crippen LogP contribution in [-0.4, -0.2) is 23.7 Å². The molecule has 0 bridgehead atoms. The highest BCUT2D eigenvalue weighted by Crippen LogP contribution is 2.31. The summed E-state index contributed by atoms with van der Waals surface area (Å²) in [4.78, 5) is 7.96. The van der Waals surface area contributed by atoms with Crippen LogP contribution >= 0.6 is 11.3 Å². The molecule has 3 nitrogen and oxygen atoms in total. The first kappa shape index (κ1) is 15.4. The SMILES string of the molecule is CCCCCN(C)c1nc(C(C)CC)c(CO)s1. The summed E-state index contributed by atoms with van der Waals surface area (Å²) in [6.07, 6.45) is 4.78. The van der Waals surface area contributed by atoms with Gasteiger partial charge >= 0.3 is 0 Å². The number of aromatic nitrogens is 1. The van der Waals surface area contributed by atoms with Gasteiger partial charge in [-0.15, -0.1) is 0 Å². The van der Waals surface area contributed by atoms with Crippen LogP contribution in [0, 0.1) is 0 Å². The molecule has 1 N–H and O–H groups in total. The molecule has 1 heterocycles. The zero-order chi connectivity index (χ0) is 13.5. The van der Waals surface area contributed by atoms with Gasteiger partial charge in [-0.3, -0.25) is 0 Å². The highest BCUT2D eigenvalue weighted by atomic mass is 32.1. The number of anilines is 1. The zero-order valence-corrected chi connectivity index (χ0v) is 12.9. The van der Waals surface area contributed by atoms with Gasteiger partial charge in [0.25, 0.3) is 0 Å². The van der Waals surface area contributed by atoms with Crippen LogP contribution in [-0.2, 0) is 6.61 Å². The monoisotopic (exact) mass is 270 g/mol. The van der Waals surface area contributed by atoms with Crippen molar-refractivity contribution in [1.29, 1.82) is 0 Å². The fourth-order valence-corrected chi connectivity index (χ4v) is 2.93. The Morgan fingerprint density at radius 2 is 2.06 bits per heavy atom. The second kappa shape index (κ2) is 7.74. The Morgan fingerprint density at radius 1 is 1.33 bits per heavy atom. The molecular weight excluding hydrogens is 244 g/mol. The second-order valence-corrected chi connectivity index (χ2v) is 5.96. The number of nitrogens with zero attached hydrogens (tertiary/aromatic N) is 2. The van der Waals surface area contributed by atoms with Gasteiger partial charge in [0.1, 0.15) is 0 Å². The van der Waals surface area contributed by atoms with Crippen molar-refractivity contribution in [1.82, 2.24) is 4.98 Å². The Kier molecular flexibility index (Phi) is 6.65. The molecule has 4 heteroatoms. The zero-order valence-electron chi connectivity index (χ0n) is 12.1. The van der Waals surface area contributed by atoms with Gasteiger partial charge in [0.2, 0.25) is 0 Å². The Morgan fingerprint density at radius 3 is 2.61 bits per heavy atom. The summed E-state index contributed by atoms with van der Waals surface area (Å²) in [6, 6.07) is 0. The molecular formula is C14H26N2OS. The molecule has 0 aromatic carbocycles. The predicted octanol–water partition coefficient (Wildman–Crippen LogP) is 3.78. The number of hydrogen-bond acceptors (Lipinski definition) is 4. The molecule has 1 unspecified atom stereocenters. The summed E-state index contributed by atoms with van der Waals surface area (Å²) >= 11 is 1.63. The summed E-state index contributed by atoms with van der Waals surface area (Å²) in [5, 5.41) is 10.5. The maximum absolute atomic E-state index is 9.42. The van der Waals surface area contributed by atoms with E-state index in [0.29, 0.717) is 5.92 Å². The van der Waals surface area contributed by atoms with Gasteiger partial charge in [0, 0.05) is 13.6 Å². The summed E-state index contributed by atoms with van der Waals surface area (Å²) in [6.45, 7) is 7.71. The molecule has 1 atom stereocenters. The fourth-order valence-electron chi connectivity index (χ4n) is 1.90. The lowest BCUT2D eigenvalue weighted by molar-refractivity contribution is 0.283. The van der Waals surface area contributed by atoms with E-state index in [-0.39, 0.29) is 6.61 Å². The lowest BCUT2D eigenvalue weighted by Crippen LogP contribution is -2.18. The van der Waals surface area contributed by atoms with Crippen molar-refractivity contribution in [3.63, 3.8) is 0 Å². The second-order valence-electron chi connectivity index (χ2n) is 4.90. The average Bonchev–Trinajstić information content (AvgIpc) is 2.82. The van der Waals surface area contributed by atoms with Gasteiger partial charge < -0.3 is 10.0 Å². The van der Waals surface area contributed by atoms with E-state index in [0.717, 1.165) is 28.7 Å². The minimum absolute atomic E-state index is 0.111. The van der Waals surface area contributed by atoms with Gasteiger partial charge in [-0.05, 0) is 18.8 Å². The minimum atomic E-state index is 0.111. The predicted molar refractivity (Wildman–Crippen MR) is 79.5 cm³/mol. The summed E-state index contributed by atoms with van der Waals surface area (Å²) in [5.74, 6) is 0.432. The molecule has 0 spiro atoms. The molecule has 0 aliphatic rings. The summed E-state index contributed by atoms with van der Waals surface area (Å²) in [5.41, 5.74) is 1.09. The molecule has 1 rings (SSSR count). The van der Waals surface area contributed by atoms with E-state index >= 15 is 0 Å². The van der Waals surface area contributed by atoms with E-state index in [1.807, 2.05) is 0 Å². The van der Waals surface area contributed by atoms with E-state index < -0.39 is 0 Å². The van der Waals surface area contributed by atoms with Crippen LogP contribution in [0.25, 0.3) is 0 Å². The van der Waals surface area contributed by atoms with Crippen molar-refractivity contribution < 1.29 is 5.11 Å². The third-order valence-electron chi connectivity index (χ3n) is 3.36. The quantitative estimate of drug-likeness (QED) is 0.730. The molecule has 104 valence electrons. The van der Waals surface area contributed by atoms with Crippen LogP contribution in [0.4, 0.5) is 5.13 Å². The van der Waals surface area contributed by atoms with Crippen molar-refractivity contribution in [3.8, 4) is 0 Å². The van der Waals surface area contributed by atoms with Crippen molar-refractivity contribution in [2.45, 2.75) is 59.0 Å². The Bertz CT molecular complexity index is 352. The van der Waals surface area contributed by atoms with Crippen LogP contribution in [0.5, 0.6) is 0 Å². The molecule has 0 aliphatic carbocycles. The Labute approximate surface area is 115 Å². The summed E-state index contributed by atoms with van der Waals surface area (Å²) < 4.78 is 0. The molecule has 0 fully saturated rings. The van der Waals surface area contributed by atoms with Gasteiger partial charge in [0.15, 0.2) is 5.13 Å². The Hall–Kier alpha value is -0.610. The number of rotatable bonds is 8. The smallest absolute Gasteiger partial charge is 0.185 e. The van der Waals surface area contributed by atoms with Crippen molar-refractivity contribution in [2.24, 2.45) is 0 Å². The maximum atomic E-state index is 9.42. The highest BCUT2D eigenvalue weighted by Gasteiger charge is 2.17. The van der Waals surface area contributed by atoms with Gasteiger partial charge in [-0.25, -0.2) is 4.98 Å². The van der Waals surface area contributed by atoms with Crippen molar-refractivity contribution in [2.75, 3.05) is 18.5 Å². The summed E-state index contributed by atoms with van der Waals surface area (Å²) in [7, 11) is 2.09. The first-order valence-electron chi connectivity index (χ1n) is 6.95. The third kappa shape index (κ3) is 3.95. The highest BCUT2D eigenvalue weighted by molar-refractivity contribution is 7.15. The maximum Gasteiger partial charge on any atom is 0.185 e. The fraction of sp³-hybridized carbons (Fsp3) is 0.786. The molecule has 0 radical (unpaired) electrons. The van der Waals surface area contributed by atoms with Crippen LogP contribution in [0.3, 0.4) is 0 Å². The number of thiazole rings is 1. The number of aliphatic hydroxyl groups excluding tert-OH is 1. The standard InChI is InChI=1S/C14H26N2OS/c1-5-7-8-9-16(4)14-15-13(11(3)6-2)12(10-17)18-14/h11,17H,5-10H2,1-4H3. The van der Waals surface area contributed by atoms with Gasteiger partial charge in [-0.1, -0.05) is 44.9 Å². The molecule has 0 amide bonds. The third-order valence-corrected chi connectivity index (χ3v) is 4.53. The van der Waals surface area contributed by atoms with E-state index in [9.17, 15) is 5.11 Å². The van der Waals surface area contributed by atoms with E-state index in [1.54, 1.807) is 11.3 Å². The van der Waals surface area contributed by atoms with Crippen LogP contribution in [0.2, 0.25) is 0 Å². The molecule has 1 aromatic heterocycles. The largest absolute Gasteiger partial charge is 0.391 e. The topological polar surface area (TPSA) is 36.4 Å². The van der Waals surface area contributed by atoms with Crippen molar-refractivity contribution >= 4 is 16.5 Å². The lowest BCUT2D eigenvalue weighted by atomic mass is 10.0. The first-order chi connectivity index (χ1) is 8.63. The lowest BCUT2D eigenvalue weighted by Gasteiger charge is -2.15. The van der Waals surface area contributed by atoms with E-state index in [2.05, 4.69) is 32.7 Å². The normalized spacial score (nSPS) is 12.7. The van der Waals surface area contributed by atoms with Crippen LogP contribution in [0.15, 0.2) is 0 Å². The van der Waals surface area contributed by atoms with Gasteiger partial charge in [0.05, 0.1) is 17.2 Å².